The number of benzene rings is 1. The SMILES string of the molecule is CC(C)NCc1cc(Oc2ccccc2Br)ccn1. The highest BCUT2D eigenvalue weighted by atomic mass is 79.9. The highest BCUT2D eigenvalue weighted by molar-refractivity contribution is 9.10. The molecule has 0 spiro atoms. The first-order chi connectivity index (χ1) is 9.15. The van der Waals surface area contributed by atoms with Crippen molar-refractivity contribution >= 4 is 15.9 Å². The first-order valence-electron chi connectivity index (χ1n) is 6.26. The number of halogens is 1. The van der Waals surface area contributed by atoms with Crippen molar-refractivity contribution in [3.8, 4) is 11.5 Å². The number of para-hydroxylation sites is 1. The lowest BCUT2D eigenvalue weighted by Gasteiger charge is -2.10. The second-order valence-electron chi connectivity index (χ2n) is 4.55. The maximum absolute atomic E-state index is 5.84. The molecule has 1 heterocycles. The maximum atomic E-state index is 5.84. The summed E-state index contributed by atoms with van der Waals surface area (Å²) in [4.78, 5) is 4.32. The average molecular weight is 321 g/mol. The highest BCUT2D eigenvalue weighted by Gasteiger charge is 2.03. The van der Waals surface area contributed by atoms with Crippen molar-refractivity contribution in [3.63, 3.8) is 0 Å². The van der Waals surface area contributed by atoms with E-state index in [1.807, 2.05) is 36.4 Å². The zero-order chi connectivity index (χ0) is 13.7. The molecule has 0 bridgehead atoms. The Morgan fingerprint density at radius 3 is 2.79 bits per heavy atom. The summed E-state index contributed by atoms with van der Waals surface area (Å²) < 4.78 is 6.78. The fourth-order valence-electron chi connectivity index (χ4n) is 1.58. The number of nitrogens with zero attached hydrogens (tertiary/aromatic N) is 1. The van der Waals surface area contributed by atoms with Crippen LogP contribution in [0.4, 0.5) is 0 Å². The minimum atomic E-state index is 0.439. The zero-order valence-corrected chi connectivity index (χ0v) is 12.6. The molecule has 19 heavy (non-hydrogen) atoms. The highest BCUT2D eigenvalue weighted by Crippen LogP contribution is 2.29. The summed E-state index contributed by atoms with van der Waals surface area (Å²) in [5, 5.41) is 3.34. The van der Waals surface area contributed by atoms with E-state index in [-0.39, 0.29) is 0 Å². The van der Waals surface area contributed by atoms with Crippen molar-refractivity contribution in [2.24, 2.45) is 0 Å². The van der Waals surface area contributed by atoms with Gasteiger partial charge in [0, 0.05) is 24.8 Å². The molecule has 0 radical (unpaired) electrons. The molecule has 0 atom stereocenters. The molecule has 1 aromatic carbocycles. The van der Waals surface area contributed by atoms with Gasteiger partial charge in [-0.05, 0) is 34.1 Å². The van der Waals surface area contributed by atoms with Crippen molar-refractivity contribution in [1.29, 1.82) is 0 Å². The third kappa shape index (κ3) is 4.33. The molecule has 0 saturated carbocycles. The van der Waals surface area contributed by atoms with Gasteiger partial charge in [-0.1, -0.05) is 26.0 Å². The fraction of sp³-hybridized carbons (Fsp3) is 0.267. The third-order valence-corrected chi connectivity index (χ3v) is 3.20. The molecule has 0 aliphatic heterocycles. The van der Waals surface area contributed by atoms with Crippen LogP contribution in [-0.2, 0) is 6.54 Å². The lowest BCUT2D eigenvalue weighted by atomic mass is 10.3. The number of aromatic nitrogens is 1. The van der Waals surface area contributed by atoms with Crippen LogP contribution >= 0.6 is 15.9 Å². The van der Waals surface area contributed by atoms with Gasteiger partial charge in [0.2, 0.25) is 0 Å². The van der Waals surface area contributed by atoms with Gasteiger partial charge in [-0.3, -0.25) is 4.98 Å². The van der Waals surface area contributed by atoms with Crippen LogP contribution in [0.1, 0.15) is 19.5 Å². The predicted octanol–water partition coefficient (Wildman–Crippen LogP) is 4.13. The van der Waals surface area contributed by atoms with E-state index in [1.54, 1.807) is 6.20 Å². The summed E-state index contributed by atoms with van der Waals surface area (Å²) in [6.45, 7) is 4.97. The van der Waals surface area contributed by atoms with Gasteiger partial charge < -0.3 is 10.1 Å². The van der Waals surface area contributed by atoms with Crippen molar-refractivity contribution in [2.75, 3.05) is 0 Å². The molecule has 0 saturated heterocycles. The molecule has 1 N–H and O–H groups in total. The van der Waals surface area contributed by atoms with Crippen molar-refractivity contribution in [1.82, 2.24) is 10.3 Å². The molecule has 0 amide bonds. The Labute approximate surface area is 122 Å². The summed E-state index contributed by atoms with van der Waals surface area (Å²) in [6, 6.07) is 12.0. The van der Waals surface area contributed by atoms with Crippen molar-refractivity contribution in [2.45, 2.75) is 26.4 Å². The second-order valence-corrected chi connectivity index (χ2v) is 5.41. The summed E-state index contributed by atoms with van der Waals surface area (Å²) in [5.41, 5.74) is 0.971. The number of rotatable bonds is 5. The first-order valence-corrected chi connectivity index (χ1v) is 7.05. The molecule has 1 aromatic heterocycles. The van der Waals surface area contributed by atoms with Crippen LogP contribution < -0.4 is 10.1 Å². The molecule has 0 unspecified atom stereocenters. The summed E-state index contributed by atoms with van der Waals surface area (Å²) in [6.07, 6.45) is 1.77. The van der Waals surface area contributed by atoms with E-state index in [9.17, 15) is 0 Å². The summed E-state index contributed by atoms with van der Waals surface area (Å²) >= 11 is 3.47. The van der Waals surface area contributed by atoms with Crippen LogP contribution in [0.2, 0.25) is 0 Å². The van der Waals surface area contributed by atoms with Crippen LogP contribution in [0.15, 0.2) is 47.1 Å². The molecule has 0 aliphatic carbocycles. The van der Waals surface area contributed by atoms with Gasteiger partial charge in [0.1, 0.15) is 11.5 Å². The molecule has 4 heteroatoms. The van der Waals surface area contributed by atoms with Gasteiger partial charge in [-0.15, -0.1) is 0 Å². The van der Waals surface area contributed by atoms with Gasteiger partial charge in [0.05, 0.1) is 10.2 Å². The van der Waals surface area contributed by atoms with Gasteiger partial charge in [-0.25, -0.2) is 0 Å². The minimum absolute atomic E-state index is 0.439. The van der Waals surface area contributed by atoms with Gasteiger partial charge in [0.15, 0.2) is 0 Å². The molecule has 100 valence electrons. The quantitative estimate of drug-likeness (QED) is 0.899. The average Bonchev–Trinajstić information content (AvgIpc) is 2.40. The van der Waals surface area contributed by atoms with Crippen LogP contribution in [0, 0.1) is 0 Å². The Morgan fingerprint density at radius 1 is 1.26 bits per heavy atom. The van der Waals surface area contributed by atoms with Crippen LogP contribution in [-0.4, -0.2) is 11.0 Å². The molecule has 0 aliphatic rings. The van der Waals surface area contributed by atoms with Crippen LogP contribution in [0.5, 0.6) is 11.5 Å². The summed E-state index contributed by atoms with van der Waals surface area (Å²) in [5.74, 6) is 1.60. The Balaban J connectivity index is 2.09. The zero-order valence-electron chi connectivity index (χ0n) is 11.1. The van der Waals surface area contributed by atoms with E-state index in [4.69, 9.17) is 4.74 Å². The van der Waals surface area contributed by atoms with Crippen molar-refractivity contribution in [3.05, 3.63) is 52.8 Å². The third-order valence-electron chi connectivity index (χ3n) is 2.54. The lowest BCUT2D eigenvalue weighted by Crippen LogP contribution is -2.22. The number of pyridine rings is 1. The standard InChI is InChI=1S/C15H17BrN2O/c1-11(2)18-10-12-9-13(7-8-17-12)19-15-6-4-3-5-14(15)16/h3-9,11,18H,10H2,1-2H3. The Bertz CT molecular complexity index is 543. The molecule has 3 nitrogen and oxygen atoms in total. The lowest BCUT2D eigenvalue weighted by molar-refractivity contribution is 0.476. The Kier molecular flexibility index (Phi) is 4.93. The van der Waals surface area contributed by atoms with E-state index in [0.717, 1.165) is 28.2 Å². The normalized spacial score (nSPS) is 10.7. The van der Waals surface area contributed by atoms with E-state index in [1.165, 1.54) is 0 Å². The van der Waals surface area contributed by atoms with Gasteiger partial charge in [-0.2, -0.15) is 0 Å². The monoisotopic (exact) mass is 320 g/mol. The number of ether oxygens (including phenoxy) is 1. The van der Waals surface area contributed by atoms with Crippen LogP contribution in [0.3, 0.4) is 0 Å². The van der Waals surface area contributed by atoms with Crippen LogP contribution in [0.25, 0.3) is 0 Å². The topological polar surface area (TPSA) is 34.1 Å². The molecular weight excluding hydrogens is 304 g/mol. The van der Waals surface area contributed by atoms with Gasteiger partial charge >= 0.3 is 0 Å². The number of hydrogen-bond donors (Lipinski definition) is 1. The predicted molar refractivity (Wildman–Crippen MR) is 80.4 cm³/mol. The Hall–Kier alpha value is -1.39. The summed E-state index contributed by atoms with van der Waals surface area (Å²) in [7, 11) is 0. The maximum Gasteiger partial charge on any atom is 0.141 e. The molecular formula is C15H17BrN2O. The van der Waals surface area contributed by atoms with Crippen molar-refractivity contribution < 1.29 is 4.74 Å². The van der Waals surface area contributed by atoms with E-state index >= 15 is 0 Å². The van der Waals surface area contributed by atoms with E-state index in [0.29, 0.717) is 6.04 Å². The fourth-order valence-corrected chi connectivity index (χ4v) is 1.95. The largest absolute Gasteiger partial charge is 0.456 e. The molecule has 0 fully saturated rings. The van der Waals surface area contributed by atoms with Gasteiger partial charge in [0.25, 0.3) is 0 Å². The molecule has 2 aromatic rings. The Morgan fingerprint density at radius 2 is 2.05 bits per heavy atom. The number of nitrogens with one attached hydrogen (secondary N) is 1. The number of hydrogen-bond acceptors (Lipinski definition) is 3. The first kappa shape index (κ1) is 14.0. The van der Waals surface area contributed by atoms with E-state index in [2.05, 4.69) is 40.1 Å². The molecule has 2 rings (SSSR count). The van der Waals surface area contributed by atoms with E-state index < -0.39 is 0 Å². The minimum Gasteiger partial charge on any atom is -0.456 e. The second kappa shape index (κ2) is 6.68. The smallest absolute Gasteiger partial charge is 0.141 e.